The van der Waals surface area contributed by atoms with E-state index in [-0.39, 0.29) is 0 Å². The highest BCUT2D eigenvalue weighted by Gasteiger charge is 2.28. The van der Waals surface area contributed by atoms with Gasteiger partial charge in [0, 0.05) is 30.7 Å². The van der Waals surface area contributed by atoms with Crippen LogP contribution in [0.3, 0.4) is 0 Å². The van der Waals surface area contributed by atoms with Crippen LogP contribution in [0.1, 0.15) is 23.2 Å². The molecule has 0 fully saturated rings. The molecule has 2 aromatic rings. The molecule has 1 aliphatic heterocycles. The average Bonchev–Trinajstić information content (AvgIpc) is 3.09. The van der Waals surface area contributed by atoms with Crippen LogP contribution in [0, 0.1) is 0 Å². The van der Waals surface area contributed by atoms with Gasteiger partial charge in [-0.05, 0) is 32.1 Å². The van der Waals surface area contributed by atoms with Gasteiger partial charge in [0.2, 0.25) is 0 Å². The summed E-state index contributed by atoms with van der Waals surface area (Å²) in [6, 6.07) is 4.56. The molecule has 0 radical (unpaired) electrons. The van der Waals surface area contributed by atoms with Crippen LogP contribution in [0.5, 0.6) is 0 Å². The quantitative estimate of drug-likeness (QED) is 0.908. The fourth-order valence-electron chi connectivity index (χ4n) is 2.65. The Morgan fingerprint density at radius 1 is 1.42 bits per heavy atom. The van der Waals surface area contributed by atoms with E-state index < -0.39 is 0 Å². The molecule has 1 N–H and O–H groups in total. The molecule has 100 valence electrons. The van der Waals surface area contributed by atoms with Crippen molar-refractivity contribution < 1.29 is 0 Å². The van der Waals surface area contributed by atoms with Crippen molar-refractivity contribution in [3.8, 4) is 0 Å². The summed E-state index contributed by atoms with van der Waals surface area (Å²) in [5.74, 6) is 0. The Morgan fingerprint density at radius 2 is 2.37 bits per heavy atom. The minimum Gasteiger partial charge on any atom is -0.360 e. The van der Waals surface area contributed by atoms with Gasteiger partial charge in [-0.15, -0.1) is 11.3 Å². The third kappa shape index (κ3) is 2.48. The first-order chi connectivity index (χ1) is 9.40. The van der Waals surface area contributed by atoms with E-state index >= 15 is 0 Å². The molecule has 1 aliphatic rings. The van der Waals surface area contributed by atoms with Gasteiger partial charge in [0.1, 0.15) is 5.01 Å². The molecule has 0 saturated carbocycles. The molecule has 0 unspecified atom stereocenters. The zero-order valence-electron chi connectivity index (χ0n) is 11.0. The molecule has 3 rings (SSSR count). The molecule has 3 heterocycles. The van der Waals surface area contributed by atoms with E-state index in [1.165, 1.54) is 16.4 Å². The Hall–Kier alpha value is -1.46. The standard InChI is InChI=1S/C14H18N4S/c1-15-7-4-13(14-17-8-10-19-14)18-9-5-11-12(18)3-2-6-16-11/h2-3,6,8,10,13,15H,4-5,7,9H2,1H3/t13-/m0/s1. The molecular formula is C14H18N4S. The van der Waals surface area contributed by atoms with Gasteiger partial charge >= 0.3 is 0 Å². The SMILES string of the molecule is CNCC[C@@H](c1nccs1)N1CCc2ncccc21. The lowest BCUT2D eigenvalue weighted by Gasteiger charge is -2.28. The van der Waals surface area contributed by atoms with Crippen LogP contribution in [0.4, 0.5) is 5.69 Å². The van der Waals surface area contributed by atoms with Crippen molar-refractivity contribution in [1.82, 2.24) is 15.3 Å². The number of hydrogen-bond acceptors (Lipinski definition) is 5. The lowest BCUT2D eigenvalue weighted by atomic mass is 10.1. The number of pyridine rings is 1. The highest BCUT2D eigenvalue weighted by molar-refractivity contribution is 7.09. The molecule has 19 heavy (non-hydrogen) atoms. The van der Waals surface area contributed by atoms with E-state index in [1.807, 2.05) is 25.5 Å². The van der Waals surface area contributed by atoms with E-state index in [1.54, 1.807) is 11.3 Å². The average molecular weight is 274 g/mol. The molecule has 2 aromatic heterocycles. The van der Waals surface area contributed by atoms with Gasteiger partial charge < -0.3 is 10.2 Å². The van der Waals surface area contributed by atoms with Gasteiger partial charge in [-0.3, -0.25) is 4.98 Å². The number of rotatable bonds is 5. The Morgan fingerprint density at radius 3 is 3.16 bits per heavy atom. The minimum absolute atomic E-state index is 0.359. The van der Waals surface area contributed by atoms with Gasteiger partial charge in [0.25, 0.3) is 0 Å². The van der Waals surface area contributed by atoms with Crippen LogP contribution in [-0.2, 0) is 6.42 Å². The second-order valence-corrected chi connectivity index (χ2v) is 5.62. The maximum absolute atomic E-state index is 4.52. The molecule has 0 aliphatic carbocycles. The van der Waals surface area contributed by atoms with Crippen LogP contribution in [0.2, 0.25) is 0 Å². The van der Waals surface area contributed by atoms with E-state index in [0.717, 1.165) is 25.9 Å². The van der Waals surface area contributed by atoms with E-state index in [4.69, 9.17) is 0 Å². The Balaban J connectivity index is 1.89. The predicted octanol–water partition coefficient (Wildman–Crippen LogP) is 2.25. The van der Waals surface area contributed by atoms with Gasteiger partial charge in [-0.2, -0.15) is 0 Å². The van der Waals surface area contributed by atoms with Crippen LogP contribution in [0.15, 0.2) is 29.9 Å². The van der Waals surface area contributed by atoms with E-state index in [2.05, 4.69) is 31.6 Å². The van der Waals surface area contributed by atoms with Crippen molar-refractivity contribution in [3.63, 3.8) is 0 Å². The molecule has 0 bridgehead atoms. The smallest absolute Gasteiger partial charge is 0.115 e. The monoisotopic (exact) mass is 274 g/mol. The van der Waals surface area contributed by atoms with Crippen LogP contribution in [0.25, 0.3) is 0 Å². The highest BCUT2D eigenvalue weighted by atomic mass is 32.1. The van der Waals surface area contributed by atoms with Crippen LogP contribution < -0.4 is 10.2 Å². The van der Waals surface area contributed by atoms with Gasteiger partial charge in [-0.1, -0.05) is 0 Å². The number of anilines is 1. The molecule has 0 saturated heterocycles. The Labute approximate surface area is 117 Å². The fourth-order valence-corrected chi connectivity index (χ4v) is 3.43. The highest BCUT2D eigenvalue weighted by Crippen LogP contribution is 2.36. The Bertz CT molecular complexity index is 526. The van der Waals surface area contributed by atoms with Gasteiger partial charge in [0.05, 0.1) is 17.4 Å². The first-order valence-electron chi connectivity index (χ1n) is 6.64. The molecule has 1 atom stereocenters. The molecular weight excluding hydrogens is 256 g/mol. The maximum atomic E-state index is 4.52. The van der Waals surface area contributed by atoms with E-state index in [0.29, 0.717) is 6.04 Å². The number of nitrogens with zero attached hydrogens (tertiary/aromatic N) is 3. The third-order valence-corrected chi connectivity index (χ3v) is 4.42. The van der Waals surface area contributed by atoms with E-state index in [9.17, 15) is 0 Å². The topological polar surface area (TPSA) is 41.1 Å². The fraction of sp³-hybridized carbons (Fsp3) is 0.429. The summed E-state index contributed by atoms with van der Waals surface area (Å²) in [4.78, 5) is 11.5. The summed E-state index contributed by atoms with van der Waals surface area (Å²) >= 11 is 1.74. The first kappa shape index (κ1) is 12.6. The zero-order valence-corrected chi connectivity index (χ0v) is 11.9. The number of aromatic nitrogens is 2. The normalized spacial score (nSPS) is 15.5. The lowest BCUT2D eigenvalue weighted by Crippen LogP contribution is -2.29. The maximum Gasteiger partial charge on any atom is 0.115 e. The summed E-state index contributed by atoms with van der Waals surface area (Å²) in [6.07, 6.45) is 5.89. The summed E-state index contributed by atoms with van der Waals surface area (Å²) in [5, 5.41) is 6.50. The van der Waals surface area contributed by atoms with Crippen molar-refractivity contribution >= 4 is 17.0 Å². The van der Waals surface area contributed by atoms with Crippen molar-refractivity contribution in [3.05, 3.63) is 40.6 Å². The molecule has 0 amide bonds. The van der Waals surface area contributed by atoms with Crippen molar-refractivity contribution in [2.45, 2.75) is 18.9 Å². The molecule has 5 heteroatoms. The van der Waals surface area contributed by atoms with Crippen molar-refractivity contribution in [2.24, 2.45) is 0 Å². The number of thiazole rings is 1. The zero-order chi connectivity index (χ0) is 13.1. The summed E-state index contributed by atoms with van der Waals surface area (Å²) < 4.78 is 0. The number of fused-ring (bicyclic) bond motifs is 1. The minimum atomic E-state index is 0.359. The molecule has 0 aromatic carbocycles. The number of hydrogen-bond donors (Lipinski definition) is 1. The largest absolute Gasteiger partial charge is 0.360 e. The number of nitrogens with one attached hydrogen (secondary N) is 1. The summed E-state index contributed by atoms with van der Waals surface area (Å²) in [5.41, 5.74) is 2.49. The summed E-state index contributed by atoms with van der Waals surface area (Å²) in [6.45, 7) is 2.04. The second-order valence-electron chi connectivity index (χ2n) is 4.69. The molecule has 4 nitrogen and oxygen atoms in total. The van der Waals surface area contributed by atoms with Crippen LogP contribution >= 0.6 is 11.3 Å². The second kappa shape index (κ2) is 5.67. The van der Waals surface area contributed by atoms with Crippen molar-refractivity contribution in [1.29, 1.82) is 0 Å². The third-order valence-electron chi connectivity index (χ3n) is 3.55. The predicted molar refractivity (Wildman–Crippen MR) is 78.7 cm³/mol. The molecule has 0 spiro atoms. The van der Waals surface area contributed by atoms with Crippen molar-refractivity contribution in [2.75, 3.05) is 25.0 Å². The Kier molecular flexibility index (Phi) is 3.75. The van der Waals surface area contributed by atoms with Gasteiger partial charge in [-0.25, -0.2) is 4.98 Å². The van der Waals surface area contributed by atoms with Gasteiger partial charge in [0.15, 0.2) is 0 Å². The lowest BCUT2D eigenvalue weighted by molar-refractivity contribution is 0.566. The summed E-state index contributed by atoms with van der Waals surface area (Å²) in [7, 11) is 2.00. The van der Waals surface area contributed by atoms with Crippen LogP contribution in [-0.4, -0.2) is 30.1 Å². The first-order valence-corrected chi connectivity index (χ1v) is 7.52.